The topological polar surface area (TPSA) is 12.4 Å². The molecule has 0 aliphatic rings. The van der Waals surface area contributed by atoms with Crippen LogP contribution in [0, 0.1) is 13.8 Å². The van der Waals surface area contributed by atoms with Crippen LogP contribution in [0.15, 0.2) is 28.6 Å². The average Bonchev–Trinajstić information content (AvgIpc) is 2.56. The van der Waals surface area contributed by atoms with E-state index in [1.54, 1.807) is 22.7 Å². The van der Waals surface area contributed by atoms with Crippen LogP contribution in [0.2, 0.25) is 5.02 Å². The maximum absolute atomic E-state index is 5.89. The molecule has 0 bridgehead atoms. The third kappa shape index (κ3) is 2.68. The Bertz CT molecular complexity index is 540. The predicted octanol–water partition coefficient (Wildman–Crippen LogP) is 4.31. The molecule has 78 valence electrons. The van der Waals surface area contributed by atoms with Gasteiger partial charge in [0.15, 0.2) is 3.98 Å². The Morgan fingerprint density at radius 2 is 2.07 bits per heavy atom. The first-order valence-electron chi connectivity index (χ1n) is 4.51. The normalized spacial score (nSPS) is 12.1. The van der Waals surface area contributed by atoms with Gasteiger partial charge in [-0.05, 0) is 37.6 Å². The molecule has 4 heteroatoms. The third-order valence-electron chi connectivity index (χ3n) is 1.94. The molecule has 0 unspecified atom stereocenters. The van der Waals surface area contributed by atoms with Gasteiger partial charge in [0.1, 0.15) is 0 Å². The molecule has 0 N–H and O–H groups in total. The zero-order chi connectivity index (χ0) is 10.8. The quantitative estimate of drug-likeness (QED) is 0.720. The van der Waals surface area contributed by atoms with Crippen LogP contribution in [0.1, 0.15) is 10.4 Å². The van der Waals surface area contributed by atoms with Crippen LogP contribution in [0.3, 0.4) is 0 Å². The molecule has 0 amide bonds. The lowest BCUT2D eigenvalue weighted by Gasteiger charge is -1.98. The van der Waals surface area contributed by atoms with Gasteiger partial charge in [-0.25, -0.2) is 4.99 Å². The molecule has 2 aromatic rings. The molecule has 0 atom stereocenters. The average molecular weight is 256 g/mol. The van der Waals surface area contributed by atoms with E-state index in [2.05, 4.69) is 17.3 Å². The first-order valence-corrected chi connectivity index (χ1v) is 6.59. The minimum atomic E-state index is 0.762. The van der Waals surface area contributed by atoms with Gasteiger partial charge in [0.2, 0.25) is 0 Å². The highest BCUT2D eigenvalue weighted by Gasteiger charge is 1.97. The van der Waals surface area contributed by atoms with Crippen molar-refractivity contribution in [1.29, 1.82) is 0 Å². The molecule has 0 saturated carbocycles. The van der Waals surface area contributed by atoms with Crippen LogP contribution in [0.4, 0.5) is 5.69 Å². The second kappa shape index (κ2) is 4.47. The SMILES string of the molecule is Cc1csc(=Nc2ccc(Cl)cc2C)s1. The monoisotopic (exact) mass is 255 g/mol. The minimum absolute atomic E-state index is 0.762. The number of rotatable bonds is 1. The van der Waals surface area contributed by atoms with E-state index < -0.39 is 0 Å². The number of hydrogen-bond donors (Lipinski definition) is 0. The molecule has 1 heterocycles. The zero-order valence-electron chi connectivity index (χ0n) is 8.45. The third-order valence-corrected chi connectivity index (χ3v) is 4.34. The Kier molecular flexibility index (Phi) is 3.24. The van der Waals surface area contributed by atoms with Gasteiger partial charge in [0, 0.05) is 15.3 Å². The summed E-state index contributed by atoms with van der Waals surface area (Å²) in [5.41, 5.74) is 2.11. The van der Waals surface area contributed by atoms with Crippen molar-refractivity contribution in [2.45, 2.75) is 13.8 Å². The van der Waals surface area contributed by atoms with Crippen LogP contribution in [-0.4, -0.2) is 0 Å². The van der Waals surface area contributed by atoms with E-state index in [0.29, 0.717) is 0 Å². The van der Waals surface area contributed by atoms with Crippen LogP contribution in [-0.2, 0) is 0 Å². The first kappa shape index (κ1) is 10.9. The maximum Gasteiger partial charge on any atom is 0.171 e. The van der Waals surface area contributed by atoms with Crippen LogP contribution in [0.25, 0.3) is 0 Å². The van der Waals surface area contributed by atoms with Crippen molar-refractivity contribution in [2.24, 2.45) is 4.99 Å². The molecule has 15 heavy (non-hydrogen) atoms. The van der Waals surface area contributed by atoms with Gasteiger partial charge < -0.3 is 0 Å². The Balaban J connectivity index is 2.48. The van der Waals surface area contributed by atoms with Gasteiger partial charge in [-0.2, -0.15) is 0 Å². The molecule has 2 rings (SSSR count). The molecular weight excluding hydrogens is 246 g/mol. The Hall–Kier alpha value is -0.640. The zero-order valence-corrected chi connectivity index (χ0v) is 10.8. The van der Waals surface area contributed by atoms with Gasteiger partial charge in [-0.15, -0.1) is 22.7 Å². The van der Waals surface area contributed by atoms with Gasteiger partial charge in [-0.3, -0.25) is 0 Å². The molecule has 0 radical (unpaired) electrons. The van der Waals surface area contributed by atoms with Crippen LogP contribution < -0.4 is 3.98 Å². The van der Waals surface area contributed by atoms with E-state index in [1.165, 1.54) is 4.88 Å². The van der Waals surface area contributed by atoms with Gasteiger partial charge in [-0.1, -0.05) is 11.6 Å². The van der Waals surface area contributed by atoms with Crippen molar-refractivity contribution in [3.05, 3.63) is 43.0 Å². The Labute approximate surface area is 102 Å². The maximum atomic E-state index is 5.89. The molecular formula is C11H10ClNS2. The largest absolute Gasteiger partial charge is 0.227 e. The van der Waals surface area contributed by atoms with E-state index >= 15 is 0 Å². The fraction of sp³-hybridized carbons (Fsp3) is 0.182. The second-order valence-electron chi connectivity index (χ2n) is 3.26. The Morgan fingerprint density at radius 1 is 1.27 bits per heavy atom. The van der Waals surface area contributed by atoms with Gasteiger partial charge in [0.25, 0.3) is 0 Å². The number of benzene rings is 1. The van der Waals surface area contributed by atoms with E-state index in [1.807, 2.05) is 25.1 Å². The molecule has 0 saturated heterocycles. The van der Waals surface area contributed by atoms with Crippen molar-refractivity contribution < 1.29 is 0 Å². The van der Waals surface area contributed by atoms with E-state index in [9.17, 15) is 0 Å². The van der Waals surface area contributed by atoms with Crippen molar-refractivity contribution in [3.8, 4) is 0 Å². The summed E-state index contributed by atoms with van der Waals surface area (Å²) in [7, 11) is 0. The number of nitrogens with zero attached hydrogens (tertiary/aromatic N) is 1. The lowest BCUT2D eigenvalue weighted by Crippen LogP contribution is -1.85. The van der Waals surface area contributed by atoms with E-state index in [0.717, 1.165) is 20.3 Å². The lowest BCUT2D eigenvalue weighted by atomic mass is 10.2. The smallest absolute Gasteiger partial charge is 0.171 e. The van der Waals surface area contributed by atoms with Crippen LogP contribution >= 0.6 is 34.3 Å². The van der Waals surface area contributed by atoms with Crippen molar-refractivity contribution >= 4 is 40.0 Å². The first-order chi connectivity index (χ1) is 7.15. The fourth-order valence-electron chi connectivity index (χ4n) is 1.21. The summed E-state index contributed by atoms with van der Waals surface area (Å²) < 4.78 is 1.08. The number of hydrogen-bond acceptors (Lipinski definition) is 3. The highest BCUT2D eigenvalue weighted by atomic mass is 35.5. The molecule has 1 nitrogen and oxygen atoms in total. The Morgan fingerprint density at radius 3 is 2.67 bits per heavy atom. The van der Waals surface area contributed by atoms with Crippen LogP contribution in [0.5, 0.6) is 0 Å². The molecule has 0 spiro atoms. The van der Waals surface area contributed by atoms with Gasteiger partial charge >= 0.3 is 0 Å². The summed E-state index contributed by atoms with van der Waals surface area (Å²) in [6, 6.07) is 5.77. The second-order valence-corrected chi connectivity index (χ2v) is 6.04. The molecule has 0 fully saturated rings. The summed E-state index contributed by atoms with van der Waals surface area (Å²) in [5, 5.41) is 2.88. The summed E-state index contributed by atoms with van der Waals surface area (Å²) >= 11 is 9.28. The van der Waals surface area contributed by atoms with Crippen molar-refractivity contribution in [3.63, 3.8) is 0 Å². The summed E-state index contributed by atoms with van der Waals surface area (Å²) in [5.74, 6) is 0. The molecule has 0 aliphatic heterocycles. The summed E-state index contributed by atoms with van der Waals surface area (Å²) in [6.07, 6.45) is 0. The predicted molar refractivity (Wildman–Crippen MR) is 68.3 cm³/mol. The standard InChI is InChI=1S/C11H10ClNS2/c1-7-5-9(12)3-4-10(7)13-11-14-6-8(2)15-11/h3-6H,1-2H3. The molecule has 0 aliphatic carbocycles. The highest BCUT2D eigenvalue weighted by Crippen LogP contribution is 2.22. The van der Waals surface area contributed by atoms with Crippen molar-refractivity contribution in [1.82, 2.24) is 0 Å². The fourth-order valence-corrected chi connectivity index (χ4v) is 3.34. The van der Waals surface area contributed by atoms with Crippen molar-refractivity contribution in [2.75, 3.05) is 0 Å². The number of halogens is 1. The molecule has 1 aromatic carbocycles. The van der Waals surface area contributed by atoms with E-state index in [4.69, 9.17) is 11.6 Å². The lowest BCUT2D eigenvalue weighted by molar-refractivity contribution is 1.36. The van der Waals surface area contributed by atoms with E-state index in [-0.39, 0.29) is 0 Å². The van der Waals surface area contributed by atoms with Gasteiger partial charge in [0.05, 0.1) is 5.69 Å². The summed E-state index contributed by atoms with van der Waals surface area (Å²) in [6.45, 7) is 4.12. The highest BCUT2D eigenvalue weighted by molar-refractivity contribution is 7.26. The number of aryl methyl sites for hydroxylation is 2. The summed E-state index contributed by atoms with van der Waals surface area (Å²) in [4.78, 5) is 5.88. The minimum Gasteiger partial charge on any atom is -0.227 e. The molecule has 1 aromatic heterocycles.